The van der Waals surface area contributed by atoms with E-state index in [2.05, 4.69) is 20.7 Å². The summed E-state index contributed by atoms with van der Waals surface area (Å²) < 4.78 is 29.9. The summed E-state index contributed by atoms with van der Waals surface area (Å²) in [7, 11) is 1.20. The van der Waals surface area contributed by atoms with Crippen molar-refractivity contribution in [3.8, 4) is 0 Å². The average Bonchev–Trinajstić information content (AvgIpc) is 2.14. The molecule has 1 aromatic carbocycles. The van der Waals surface area contributed by atoms with Crippen molar-refractivity contribution in [2.24, 2.45) is 0 Å². The van der Waals surface area contributed by atoms with Gasteiger partial charge in [-0.1, -0.05) is 15.9 Å². The van der Waals surface area contributed by atoms with Crippen molar-refractivity contribution in [1.29, 1.82) is 0 Å². The lowest BCUT2D eigenvalue weighted by molar-refractivity contribution is -0.139. The van der Waals surface area contributed by atoms with E-state index < -0.39 is 22.4 Å². The van der Waals surface area contributed by atoms with E-state index in [1.807, 2.05) is 0 Å². The zero-order valence-electron chi connectivity index (χ0n) is 7.26. The van der Waals surface area contributed by atoms with Gasteiger partial charge in [-0.2, -0.15) is 0 Å². The zero-order chi connectivity index (χ0) is 10.7. The van der Waals surface area contributed by atoms with Gasteiger partial charge in [0.25, 0.3) is 0 Å². The average molecular weight is 265 g/mol. The Hall–Kier alpha value is -0.970. The lowest BCUT2D eigenvalue weighted by Gasteiger charge is -2.07. The van der Waals surface area contributed by atoms with Crippen molar-refractivity contribution in [2.45, 2.75) is 4.83 Å². The highest BCUT2D eigenvalue weighted by Gasteiger charge is 2.18. The minimum Gasteiger partial charge on any atom is -0.468 e. The maximum absolute atomic E-state index is 12.7. The molecule has 0 bridgehead atoms. The van der Waals surface area contributed by atoms with Crippen LogP contribution in [0.5, 0.6) is 0 Å². The Balaban J connectivity index is 3.00. The first-order valence-electron chi connectivity index (χ1n) is 3.72. The first-order valence-corrected chi connectivity index (χ1v) is 4.64. The van der Waals surface area contributed by atoms with E-state index in [0.717, 1.165) is 18.2 Å². The predicted molar refractivity (Wildman–Crippen MR) is 50.0 cm³/mol. The molecule has 1 aromatic rings. The second-order valence-corrected chi connectivity index (χ2v) is 3.50. The molecule has 0 heterocycles. The third kappa shape index (κ3) is 2.51. The van der Waals surface area contributed by atoms with Gasteiger partial charge in [0.2, 0.25) is 0 Å². The van der Waals surface area contributed by atoms with Crippen LogP contribution in [-0.4, -0.2) is 13.1 Å². The molecule has 0 fully saturated rings. The molecule has 0 aliphatic rings. The summed E-state index contributed by atoms with van der Waals surface area (Å²) in [5.74, 6) is -2.06. The monoisotopic (exact) mass is 264 g/mol. The molecular formula is C9H7BrF2O2. The van der Waals surface area contributed by atoms with Crippen LogP contribution in [0.25, 0.3) is 0 Å². The molecule has 0 aliphatic carbocycles. The molecule has 0 radical (unpaired) electrons. The Morgan fingerprint density at radius 2 is 1.86 bits per heavy atom. The van der Waals surface area contributed by atoms with Crippen LogP contribution in [0.1, 0.15) is 10.4 Å². The standard InChI is InChI=1S/C9H7BrF2O2/c1-14-9(13)8(10)5-2-6(11)4-7(12)3-5/h2-4,8H,1H3. The summed E-state index contributed by atoms with van der Waals surface area (Å²) >= 11 is 2.97. The number of benzene rings is 1. The third-order valence-corrected chi connectivity index (χ3v) is 2.49. The molecule has 0 saturated carbocycles. The van der Waals surface area contributed by atoms with Crippen LogP contribution in [0.2, 0.25) is 0 Å². The highest BCUT2D eigenvalue weighted by molar-refractivity contribution is 9.09. The quantitative estimate of drug-likeness (QED) is 0.606. The van der Waals surface area contributed by atoms with Crippen molar-refractivity contribution >= 4 is 21.9 Å². The molecule has 2 nitrogen and oxygen atoms in total. The van der Waals surface area contributed by atoms with E-state index in [1.54, 1.807) is 0 Å². The van der Waals surface area contributed by atoms with Gasteiger partial charge in [0.15, 0.2) is 0 Å². The van der Waals surface area contributed by atoms with Gasteiger partial charge in [0, 0.05) is 6.07 Å². The van der Waals surface area contributed by atoms with Gasteiger partial charge in [-0.3, -0.25) is 4.79 Å². The Kier molecular flexibility index (Phi) is 3.57. The first-order chi connectivity index (χ1) is 6.54. The normalized spacial score (nSPS) is 12.3. The lowest BCUT2D eigenvalue weighted by Crippen LogP contribution is -2.08. The number of hydrogen-bond donors (Lipinski definition) is 0. The molecule has 0 N–H and O–H groups in total. The highest BCUT2D eigenvalue weighted by atomic mass is 79.9. The topological polar surface area (TPSA) is 26.3 Å². The van der Waals surface area contributed by atoms with E-state index >= 15 is 0 Å². The molecule has 14 heavy (non-hydrogen) atoms. The van der Waals surface area contributed by atoms with Crippen LogP contribution >= 0.6 is 15.9 Å². The van der Waals surface area contributed by atoms with Gasteiger partial charge in [-0.15, -0.1) is 0 Å². The van der Waals surface area contributed by atoms with Crippen molar-refractivity contribution in [2.75, 3.05) is 7.11 Å². The largest absolute Gasteiger partial charge is 0.468 e. The van der Waals surface area contributed by atoms with E-state index in [4.69, 9.17) is 0 Å². The molecule has 76 valence electrons. The molecule has 5 heteroatoms. The van der Waals surface area contributed by atoms with Crippen molar-refractivity contribution in [3.63, 3.8) is 0 Å². The Labute approximate surface area is 88.0 Å². The number of alkyl halides is 1. The lowest BCUT2D eigenvalue weighted by atomic mass is 10.1. The number of carbonyl (C=O) groups is 1. The molecule has 1 rings (SSSR count). The van der Waals surface area contributed by atoms with E-state index in [0.29, 0.717) is 0 Å². The van der Waals surface area contributed by atoms with Gasteiger partial charge < -0.3 is 4.74 Å². The Morgan fingerprint density at radius 1 is 1.36 bits per heavy atom. The molecule has 0 aromatic heterocycles. The number of rotatable bonds is 2. The summed E-state index contributed by atoms with van der Waals surface area (Å²) in [6.07, 6.45) is 0. The van der Waals surface area contributed by atoms with Gasteiger partial charge in [-0.05, 0) is 17.7 Å². The zero-order valence-corrected chi connectivity index (χ0v) is 8.85. The van der Waals surface area contributed by atoms with Crippen LogP contribution < -0.4 is 0 Å². The molecular weight excluding hydrogens is 258 g/mol. The second kappa shape index (κ2) is 4.50. The fraction of sp³-hybridized carbons (Fsp3) is 0.222. The fourth-order valence-corrected chi connectivity index (χ4v) is 1.41. The van der Waals surface area contributed by atoms with Crippen LogP contribution in [0.15, 0.2) is 18.2 Å². The van der Waals surface area contributed by atoms with Crippen molar-refractivity contribution in [3.05, 3.63) is 35.4 Å². The van der Waals surface area contributed by atoms with Crippen LogP contribution in [-0.2, 0) is 9.53 Å². The van der Waals surface area contributed by atoms with Crippen molar-refractivity contribution < 1.29 is 18.3 Å². The minimum absolute atomic E-state index is 0.189. The van der Waals surface area contributed by atoms with Crippen LogP contribution in [0, 0.1) is 11.6 Å². The van der Waals surface area contributed by atoms with Crippen molar-refractivity contribution in [1.82, 2.24) is 0 Å². The van der Waals surface area contributed by atoms with Crippen LogP contribution in [0.3, 0.4) is 0 Å². The number of methoxy groups -OCH3 is 1. The number of hydrogen-bond acceptors (Lipinski definition) is 2. The second-order valence-electron chi connectivity index (χ2n) is 2.59. The van der Waals surface area contributed by atoms with Gasteiger partial charge >= 0.3 is 5.97 Å². The summed E-state index contributed by atoms with van der Waals surface area (Å²) in [5.41, 5.74) is 0.189. The predicted octanol–water partition coefficient (Wildman–Crippen LogP) is 2.57. The summed E-state index contributed by atoms with van der Waals surface area (Å²) in [5, 5.41) is 0. The Morgan fingerprint density at radius 3 is 2.29 bits per heavy atom. The summed E-state index contributed by atoms with van der Waals surface area (Å²) in [6, 6.07) is 2.87. The first kappa shape index (κ1) is 11.1. The number of ether oxygens (including phenoxy) is 1. The fourth-order valence-electron chi connectivity index (χ4n) is 0.961. The smallest absolute Gasteiger partial charge is 0.324 e. The minimum atomic E-state index is -0.849. The third-order valence-electron chi connectivity index (χ3n) is 1.59. The molecule has 1 unspecified atom stereocenters. The molecule has 0 spiro atoms. The number of esters is 1. The van der Waals surface area contributed by atoms with Crippen LogP contribution in [0.4, 0.5) is 8.78 Å². The van der Waals surface area contributed by atoms with Gasteiger partial charge in [-0.25, -0.2) is 8.78 Å². The highest BCUT2D eigenvalue weighted by Crippen LogP contribution is 2.25. The molecule has 0 aliphatic heterocycles. The number of carbonyl (C=O) groups excluding carboxylic acids is 1. The molecule has 0 saturated heterocycles. The molecule has 0 amide bonds. The van der Waals surface area contributed by atoms with Gasteiger partial charge in [0.1, 0.15) is 16.5 Å². The maximum Gasteiger partial charge on any atom is 0.324 e. The van der Waals surface area contributed by atoms with Gasteiger partial charge in [0.05, 0.1) is 7.11 Å². The van der Waals surface area contributed by atoms with E-state index in [9.17, 15) is 13.6 Å². The van der Waals surface area contributed by atoms with E-state index in [-0.39, 0.29) is 5.56 Å². The summed E-state index contributed by atoms with van der Waals surface area (Å²) in [6.45, 7) is 0. The summed E-state index contributed by atoms with van der Waals surface area (Å²) in [4.78, 5) is 10.2. The molecule has 1 atom stereocenters. The Bertz CT molecular complexity index is 334. The maximum atomic E-state index is 12.7. The SMILES string of the molecule is COC(=O)C(Br)c1cc(F)cc(F)c1. The van der Waals surface area contributed by atoms with E-state index in [1.165, 1.54) is 7.11 Å². The number of halogens is 3.